The standard InChI is InChI=1S/C23H25N5O3/c1-15(18-10-20-21(25-11-18)31-23(7-8-23)22(29)26-20)24-12-19(27-30)14-28-9-6-16-4-2-3-5-17(16)13-28/h2-5,10-11,19,24H,1,6-9,12-14H2,(H,26,29). The van der Waals surface area contributed by atoms with Gasteiger partial charge in [0.1, 0.15) is 11.7 Å². The molecule has 8 nitrogen and oxygen atoms in total. The first-order valence-electron chi connectivity index (χ1n) is 10.6. The Kier molecular flexibility index (Phi) is 4.94. The van der Waals surface area contributed by atoms with Gasteiger partial charge in [-0.15, -0.1) is 0 Å². The lowest BCUT2D eigenvalue weighted by atomic mass is 9.99. The Hall–Kier alpha value is -3.26. The van der Waals surface area contributed by atoms with E-state index >= 15 is 0 Å². The SMILES string of the molecule is C=C(NCC(CN1CCc2ccccc2C1)N=O)c1cnc2c(c1)NC(=O)C1(CC1)O2. The van der Waals surface area contributed by atoms with E-state index in [9.17, 15) is 9.70 Å². The molecule has 1 saturated carbocycles. The third kappa shape index (κ3) is 3.90. The fraction of sp³-hybridized carbons (Fsp3) is 0.391. The Morgan fingerprint density at radius 1 is 1.35 bits per heavy atom. The Bertz CT molecular complexity index is 1050. The zero-order valence-electron chi connectivity index (χ0n) is 17.3. The minimum absolute atomic E-state index is 0.120. The van der Waals surface area contributed by atoms with Gasteiger partial charge in [0.15, 0.2) is 5.60 Å². The average Bonchev–Trinajstić information content (AvgIpc) is 3.57. The number of carbonyl (C=O) groups excluding carboxylic acids is 1. The largest absolute Gasteiger partial charge is 0.459 e. The maximum Gasteiger partial charge on any atom is 0.268 e. The molecule has 0 radical (unpaired) electrons. The van der Waals surface area contributed by atoms with E-state index in [1.54, 1.807) is 12.3 Å². The summed E-state index contributed by atoms with van der Waals surface area (Å²) in [5, 5.41) is 9.39. The molecule has 1 aromatic carbocycles. The van der Waals surface area contributed by atoms with Gasteiger partial charge in [-0.3, -0.25) is 9.69 Å². The predicted octanol–water partition coefficient (Wildman–Crippen LogP) is 2.70. The summed E-state index contributed by atoms with van der Waals surface area (Å²) in [6.45, 7) is 6.77. The highest BCUT2D eigenvalue weighted by Gasteiger charge is 2.55. The molecule has 3 aliphatic rings. The fourth-order valence-corrected chi connectivity index (χ4v) is 4.18. The van der Waals surface area contributed by atoms with E-state index in [4.69, 9.17) is 4.74 Å². The van der Waals surface area contributed by atoms with E-state index in [0.29, 0.717) is 30.4 Å². The van der Waals surface area contributed by atoms with Gasteiger partial charge >= 0.3 is 0 Å². The lowest BCUT2D eigenvalue weighted by molar-refractivity contribution is -0.125. The van der Waals surface area contributed by atoms with Crippen molar-refractivity contribution in [3.8, 4) is 5.88 Å². The second-order valence-electron chi connectivity index (χ2n) is 8.50. The summed E-state index contributed by atoms with van der Waals surface area (Å²) < 4.78 is 5.77. The van der Waals surface area contributed by atoms with Crippen LogP contribution in [0.25, 0.3) is 5.70 Å². The highest BCUT2D eigenvalue weighted by molar-refractivity contribution is 6.02. The van der Waals surface area contributed by atoms with E-state index in [-0.39, 0.29) is 5.91 Å². The Morgan fingerprint density at radius 2 is 2.16 bits per heavy atom. The van der Waals surface area contributed by atoms with Crippen molar-refractivity contribution in [3.05, 3.63) is 64.7 Å². The Morgan fingerprint density at radius 3 is 2.94 bits per heavy atom. The summed E-state index contributed by atoms with van der Waals surface area (Å²) >= 11 is 0. The van der Waals surface area contributed by atoms with E-state index in [1.165, 1.54) is 11.1 Å². The van der Waals surface area contributed by atoms with Crippen LogP contribution in [0, 0.1) is 4.91 Å². The Balaban J connectivity index is 1.18. The van der Waals surface area contributed by atoms with Crippen LogP contribution in [0.2, 0.25) is 0 Å². The molecule has 2 aromatic rings. The van der Waals surface area contributed by atoms with Gasteiger partial charge in [0.25, 0.3) is 5.91 Å². The van der Waals surface area contributed by atoms with Crippen LogP contribution in [0.5, 0.6) is 5.88 Å². The zero-order chi connectivity index (χ0) is 21.4. The third-order valence-corrected chi connectivity index (χ3v) is 6.24. The van der Waals surface area contributed by atoms with E-state index in [0.717, 1.165) is 37.9 Å². The van der Waals surface area contributed by atoms with Crippen LogP contribution in [0.1, 0.15) is 29.5 Å². The number of hydrogen-bond donors (Lipinski definition) is 2. The first-order valence-corrected chi connectivity index (χ1v) is 10.6. The molecular formula is C23H25N5O3. The second-order valence-corrected chi connectivity index (χ2v) is 8.50. The smallest absolute Gasteiger partial charge is 0.268 e. The molecule has 5 rings (SSSR count). The number of amides is 1. The van der Waals surface area contributed by atoms with Crippen LogP contribution in [0.15, 0.2) is 48.3 Å². The van der Waals surface area contributed by atoms with Crippen molar-refractivity contribution in [2.45, 2.75) is 37.5 Å². The molecular weight excluding hydrogens is 394 g/mol. The number of nitrogens with one attached hydrogen (secondary N) is 2. The molecule has 1 atom stereocenters. The van der Waals surface area contributed by atoms with Crippen molar-refractivity contribution in [2.75, 3.05) is 25.0 Å². The molecule has 160 valence electrons. The first-order chi connectivity index (χ1) is 15.1. The molecule has 1 aliphatic carbocycles. The van der Waals surface area contributed by atoms with Crippen molar-refractivity contribution in [3.63, 3.8) is 0 Å². The predicted molar refractivity (Wildman–Crippen MR) is 118 cm³/mol. The van der Waals surface area contributed by atoms with Gasteiger partial charge in [0, 0.05) is 56.5 Å². The molecule has 1 amide bonds. The molecule has 31 heavy (non-hydrogen) atoms. The van der Waals surface area contributed by atoms with Gasteiger partial charge in [-0.2, -0.15) is 4.91 Å². The molecule has 8 heteroatoms. The minimum atomic E-state index is -0.714. The second kappa shape index (κ2) is 7.77. The molecule has 1 spiro atoms. The number of nitroso groups, excluding NO2 is 1. The minimum Gasteiger partial charge on any atom is -0.459 e. The van der Waals surface area contributed by atoms with E-state index < -0.39 is 11.6 Å². The fourth-order valence-electron chi connectivity index (χ4n) is 4.18. The van der Waals surface area contributed by atoms with Crippen LogP contribution >= 0.6 is 0 Å². The van der Waals surface area contributed by atoms with Gasteiger partial charge in [-0.25, -0.2) is 4.98 Å². The zero-order valence-corrected chi connectivity index (χ0v) is 17.3. The quantitative estimate of drug-likeness (QED) is 0.670. The molecule has 2 N–H and O–H groups in total. The molecule has 3 heterocycles. The van der Waals surface area contributed by atoms with Gasteiger partial charge in [-0.05, 0) is 23.6 Å². The van der Waals surface area contributed by atoms with Crippen molar-refractivity contribution < 1.29 is 9.53 Å². The molecule has 1 aromatic heterocycles. The Labute approximate surface area is 180 Å². The third-order valence-electron chi connectivity index (χ3n) is 6.24. The lowest BCUT2D eigenvalue weighted by Gasteiger charge is -2.30. The molecule has 2 aliphatic heterocycles. The van der Waals surface area contributed by atoms with Crippen LogP contribution in [0.3, 0.4) is 0 Å². The number of anilines is 1. The number of carbonyl (C=O) groups is 1. The van der Waals surface area contributed by atoms with Crippen LogP contribution in [-0.2, 0) is 17.8 Å². The van der Waals surface area contributed by atoms with E-state index in [1.807, 2.05) is 6.07 Å². The summed E-state index contributed by atoms with van der Waals surface area (Å²) in [6.07, 6.45) is 4.09. The highest BCUT2D eigenvalue weighted by atomic mass is 16.5. The van der Waals surface area contributed by atoms with Gasteiger partial charge in [-0.1, -0.05) is 36.0 Å². The summed E-state index contributed by atoms with van der Waals surface area (Å²) in [5.74, 6) is 0.317. The van der Waals surface area contributed by atoms with Crippen molar-refractivity contribution >= 4 is 17.3 Å². The van der Waals surface area contributed by atoms with Crippen LogP contribution < -0.4 is 15.4 Å². The van der Waals surface area contributed by atoms with Crippen molar-refractivity contribution in [2.24, 2.45) is 5.18 Å². The maximum absolute atomic E-state index is 12.2. The summed E-state index contributed by atoms with van der Waals surface area (Å²) in [7, 11) is 0. The van der Waals surface area contributed by atoms with Gasteiger partial charge in [0.2, 0.25) is 5.88 Å². The summed E-state index contributed by atoms with van der Waals surface area (Å²) in [6, 6.07) is 9.81. The normalized spacial score (nSPS) is 19.4. The number of hydrogen-bond acceptors (Lipinski definition) is 7. The van der Waals surface area contributed by atoms with E-state index in [2.05, 4.69) is 50.5 Å². The molecule has 1 unspecified atom stereocenters. The molecule has 0 saturated heterocycles. The maximum atomic E-state index is 12.2. The molecule has 1 fully saturated rings. The van der Waals surface area contributed by atoms with Gasteiger partial charge in [0.05, 0.1) is 0 Å². The number of fused-ring (bicyclic) bond motifs is 2. The number of nitrogens with zero attached hydrogens (tertiary/aromatic N) is 3. The van der Waals surface area contributed by atoms with Crippen molar-refractivity contribution in [1.29, 1.82) is 0 Å². The van der Waals surface area contributed by atoms with Crippen molar-refractivity contribution in [1.82, 2.24) is 15.2 Å². The number of pyridine rings is 1. The lowest BCUT2D eigenvalue weighted by Crippen LogP contribution is -2.40. The number of aromatic nitrogens is 1. The monoisotopic (exact) mass is 419 g/mol. The van der Waals surface area contributed by atoms with Crippen LogP contribution in [-0.4, -0.2) is 47.1 Å². The topological polar surface area (TPSA) is 95.9 Å². The number of ether oxygens (including phenoxy) is 1. The number of benzene rings is 1. The first kappa shape index (κ1) is 19.7. The van der Waals surface area contributed by atoms with Crippen LogP contribution in [0.4, 0.5) is 5.69 Å². The highest BCUT2D eigenvalue weighted by Crippen LogP contribution is 2.46. The number of rotatable bonds is 7. The summed E-state index contributed by atoms with van der Waals surface area (Å²) in [4.78, 5) is 30.2. The summed E-state index contributed by atoms with van der Waals surface area (Å²) in [5.41, 5.74) is 3.87. The average molecular weight is 419 g/mol. The molecule has 0 bridgehead atoms. The van der Waals surface area contributed by atoms with Gasteiger partial charge < -0.3 is 15.4 Å².